The van der Waals surface area contributed by atoms with Crippen LogP contribution in [0.4, 0.5) is 5.69 Å². The number of allylic oxidation sites excluding steroid dienone is 1. The Morgan fingerprint density at radius 2 is 1.90 bits per heavy atom. The molecule has 31 heavy (non-hydrogen) atoms. The number of nitro benzene ring substituents is 1. The van der Waals surface area contributed by atoms with Gasteiger partial charge < -0.3 is 15.2 Å². The number of methoxy groups -OCH3 is 1. The summed E-state index contributed by atoms with van der Waals surface area (Å²) >= 11 is 0. The fourth-order valence-corrected chi connectivity index (χ4v) is 3.69. The lowest BCUT2D eigenvalue weighted by Gasteiger charge is -2.32. The molecule has 2 rings (SSSR count). The number of carbonyl (C=O) groups excluding carboxylic acids is 2. The number of nitro groups is 1. The summed E-state index contributed by atoms with van der Waals surface area (Å²) < 4.78 is 4.91. The van der Waals surface area contributed by atoms with Crippen molar-refractivity contribution in [2.24, 2.45) is 16.8 Å². The number of aliphatic carboxylic acids is 1. The number of carbonyl (C=O) groups is 3. The van der Waals surface area contributed by atoms with Gasteiger partial charge >= 0.3 is 11.9 Å². The van der Waals surface area contributed by atoms with Gasteiger partial charge in [0.2, 0.25) is 5.91 Å². The standard InChI is InChI=1S/C21H25N3O7/c1-10(2)18(20(26)27)23-19(25)15-11(3)22-12(4)16(21(28)31-5)17(15)13-7-6-8-14(9-13)24(29)30/h6-10,16-18H,1-5H3,(H,23,25)(H,26,27)/t16?,17-,18+/m1/s1. The van der Waals surface area contributed by atoms with Crippen molar-refractivity contribution < 1.29 is 29.2 Å². The Labute approximate surface area is 179 Å². The Kier molecular flexibility index (Phi) is 7.27. The zero-order chi connectivity index (χ0) is 23.5. The molecule has 2 N–H and O–H groups in total. The first-order valence-electron chi connectivity index (χ1n) is 9.61. The zero-order valence-corrected chi connectivity index (χ0v) is 17.9. The van der Waals surface area contributed by atoms with Gasteiger partial charge in [0.05, 0.1) is 12.0 Å². The van der Waals surface area contributed by atoms with E-state index in [4.69, 9.17) is 4.74 Å². The molecule has 1 aliphatic rings. The van der Waals surface area contributed by atoms with Crippen LogP contribution in [0.5, 0.6) is 0 Å². The van der Waals surface area contributed by atoms with Gasteiger partial charge in [-0.25, -0.2) is 4.79 Å². The second-order valence-corrected chi connectivity index (χ2v) is 7.62. The summed E-state index contributed by atoms with van der Waals surface area (Å²) in [6.45, 7) is 6.48. The van der Waals surface area contributed by atoms with Crippen LogP contribution in [-0.2, 0) is 19.1 Å². The van der Waals surface area contributed by atoms with Crippen molar-refractivity contribution >= 4 is 29.2 Å². The van der Waals surface area contributed by atoms with Crippen LogP contribution in [0.1, 0.15) is 39.2 Å². The molecule has 0 radical (unpaired) electrons. The molecule has 3 atom stereocenters. The molecule has 1 aliphatic heterocycles. The first-order chi connectivity index (χ1) is 14.5. The van der Waals surface area contributed by atoms with Gasteiger partial charge in [0, 0.05) is 35.0 Å². The van der Waals surface area contributed by atoms with Gasteiger partial charge in [0.15, 0.2) is 0 Å². The van der Waals surface area contributed by atoms with Gasteiger partial charge in [-0.2, -0.15) is 0 Å². The molecular weight excluding hydrogens is 406 g/mol. The SMILES string of the molecule is COC(=O)C1C(C)=NC(C)=C(C(=O)N[C@H](C(=O)O)C(C)C)[C@H]1c1cccc([N+](=O)[O-])c1. The van der Waals surface area contributed by atoms with E-state index < -0.39 is 46.6 Å². The second kappa shape index (κ2) is 9.50. The van der Waals surface area contributed by atoms with Gasteiger partial charge in [0.25, 0.3) is 5.69 Å². The first-order valence-corrected chi connectivity index (χ1v) is 9.61. The summed E-state index contributed by atoms with van der Waals surface area (Å²) in [5.74, 6) is -4.91. The summed E-state index contributed by atoms with van der Waals surface area (Å²) in [6.07, 6.45) is 0. The van der Waals surface area contributed by atoms with Crippen LogP contribution >= 0.6 is 0 Å². The third-order valence-electron chi connectivity index (χ3n) is 5.19. The monoisotopic (exact) mass is 431 g/mol. The lowest BCUT2D eigenvalue weighted by atomic mass is 9.75. The normalized spacial score (nSPS) is 19.5. The van der Waals surface area contributed by atoms with Gasteiger partial charge in [-0.05, 0) is 25.3 Å². The third kappa shape index (κ3) is 4.96. The lowest BCUT2D eigenvalue weighted by molar-refractivity contribution is -0.384. The van der Waals surface area contributed by atoms with Crippen LogP contribution in [0.15, 0.2) is 40.5 Å². The number of rotatable bonds is 7. The van der Waals surface area contributed by atoms with Crippen LogP contribution in [0, 0.1) is 22.0 Å². The molecule has 1 unspecified atom stereocenters. The Morgan fingerprint density at radius 1 is 1.26 bits per heavy atom. The average molecular weight is 431 g/mol. The van der Waals surface area contributed by atoms with E-state index >= 15 is 0 Å². The molecule has 1 heterocycles. The van der Waals surface area contributed by atoms with Crippen LogP contribution in [0.3, 0.4) is 0 Å². The largest absolute Gasteiger partial charge is 0.480 e. The molecule has 166 valence electrons. The number of hydrogen-bond acceptors (Lipinski definition) is 7. The quantitative estimate of drug-likeness (QED) is 0.383. The van der Waals surface area contributed by atoms with E-state index in [2.05, 4.69) is 10.3 Å². The van der Waals surface area contributed by atoms with E-state index in [1.165, 1.54) is 25.3 Å². The van der Waals surface area contributed by atoms with Crippen molar-refractivity contribution in [3.8, 4) is 0 Å². The molecule has 0 saturated carbocycles. The molecule has 0 saturated heterocycles. The minimum absolute atomic E-state index is 0.0633. The highest BCUT2D eigenvalue weighted by Gasteiger charge is 2.42. The van der Waals surface area contributed by atoms with E-state index in [1.54, 1.807) is 33.8 Å². The molecule has 1 aromatic rings. The van der Waals surface area contributed by atoms with Crippen molar-refractivity contribution in [1.82, 2.24) is 5.32 Å². The fourth-order valence-electron chi connectivity index (χ4n) is 3.69. The Balaban J connectivity index is 2.66. The maximum Gasteiger partial charge on any atom is 0.326 e. The predicted octanol–water partition coefficient (Wildman–Crippen LogP) is 2.44. The van der Waals surface area contributed by atoms with E-state index in [-0.39, 0.29) is 11.3 Å². The van der Waals surface area contributed by atoms with E-state index in [1.807, 2.05) is 0 Å². The number of nitrogens with one attached hydrogen (secondary N) is 1. The smallest absolute Gasteiger partial charge is 0.326 e. The molecule has 0 aromatic heterocycles. The summed E-state index contributed by atoms with van der Waals surface area (Å²) in [5.41, 5.74) is 0.882. The number of aliphatic imine (C=N–C) groups is 1. The van der Waals surface area contributed by atoms with Crippen molar-refractivity contribution in [2.45, 2.75) is 39.7 Å². The summed E-state index contributed by atoms with van der Waals surface area (Å²) in [6, 6.07) is 4.46. The zero-order valence-electron chi connectivity index (χ0n) is 17.9. The molecule has 0 bridgehead atoms. The number of nitrogens with zero attached hydrogens (tertiary/aromatic N) is 2. The molecule has 1 aromatic carbocycles. The van der Waals surface area contributed by atoms with Crippen molar-refractivity contribution in [3.05, 3.63) is 51.2 Å². The third-order valence-corrected chi connectivity index (χ3v) is 5.19. The molecule has 0 aliphatic carbocycles. The number of hydrogen-bond donors (Lipinski definition) is 2. The predicted molar refractivity (Wildman–Crippen MR) is 112 cm³/mol. The van der Waals surface area contributed by atoms with Gasteiger partial charge in [-0.1, -0.05) is 26.0 Å². The van der Waals surface area contributed by atoms with E-state index in [9.17, 15) is 29.6 Å². The fraction of sp³-hybridized carbons (Fsp3) is 0.429. The molecule has 10 nitrogen and oxygen atoms in total. The Morgan fingerprint density at radius 3 is 2.42 bits per heavy atom. The number of ether oxygens (including phenoxy) is 1. The second-order valence-electron chi connectivity index (χ2n) is 7.62. The highest BCUT2D eigenvalue weighted by atomic mass is 16.6. The van der Waals surface area contributed by atoms with Gasteiger partial charge in [0.1, 0.15) is 12.0 Å². The minimum Gasteiger partial charge on any atom is -0.480 e. The van der Waals surface area contributed by atoms with Gasteiger partial charge in [-0.3, -0.25) is 24.7 Å². The molecule has 1 amide bonds. The van der Waals surface area contributed by atoms with Crippen molar-refractivity contribution in [2.75, 3.05) is 7.11 Å². The van der Waals surface area contributed by atoms with Crippen LogP contribution in [-0.4, -0.2) is 46.7 Å². The van der Waals surface area contributed by atoms with Crippen LogP contribution < -0.4 is 5.32 Å². The minimum atomic E-state index is -1.20. The van der Waals surface area contributed by atoms with Crippen LogP contribution in [0.25, 0.3) is 0 Å². The summed E-state index contributed by atoms with van der Waals surface area (Å²) in [7, 11) is 1.20. The average Bonchev–Trinajstić information content (AvgIpc) is 2.70. The summed E-state index contributed by atoms with van der Waals surface area (Å²) in [4.78, 5) is 52.4. The molecular formula is C21H25N3O7. The summed E-state index contributed by atoms with van der Waals surface area (Å²) in [5, 5.41) is 23.2. The maximum absolute atomic E-state index is 13.2. The molecule has 0 spiro atoms. The first kappa shape index (κ1) is 23.7. The maximum atomic E-state index is 13.2. The van der Waals surface area contributed by atoms with Gasteiger partial charge in [-0.15, -0.1) is 0 Å². The van der Waals surface area contributed by atoms with E-state index in [0.717, 1.165) is 0 Å². The van der Waals surface area contributed by atoms with Crippen molar-refractivity contribution in [1.29, 1.82) is 0 Å². The number of carboxylic acids is 1. The number of carboxylic acid groups (broad SMARTS) is 1. The Hall–Kier alpha value is -3.56. The highest BCUT2D eigenvalue weighted by molar-refractivity contribution is 6.08. The number of benzene rings is 1. The number of amides is 1. The highest BCUT2D eigenvalue weighted by Crippen LogP contribution is 2.40. The topological polar surface area (TPSA) is 148 Å². The van der Waals surface area contributed by atoms with Crippen LogP contribution in [0.2, 0.25) is 0 Å². The molecule has 0 fully saturated rings. The van der Waals surface area contributed by atoms with E-state index in [0.29, 0.717) is 17.0 Å². The number of non-ortho nitro benzene ring substituents is 1. The Bertz CT molecular complexity index is 981. The number of esters is 1. The lowest BCUT2D eigenvalue weighted by Crippen LogP contribution is -2.47. The molecule has 10 heteroatoms. The van der Waals surface area contributed by atoms with Crippen molar-refractivity contribution in [3.63, 3.8) is 0 Å².